The van der Waals surface area contributed by atoms with Crippen molar-refractivity contribution in [2.24, 2.45) is 0 Å². The van der Waals surface area contributed by atoms with Crippen LogP contribution in [-0.4, -0.2) is 53.9 Å². The van der Waals surface area contributed by atoms with Crippen molar-refractivity contribution in [1.29, 1.82) is 0 Å². The number of nitrogens with zero attached hydrogens (tertiary/aromatic N) is 2. The molecule has 2 heterocycles. The van der Waals surface area contributed by atoms with Crippen molar-refractivity contribution in [1.82, 2.24) is 14.5 Å². The largest absolute Gasteiger partial charge is 0.447 e. The van der Waals surface area contributed by atoms with E-state index in [0.717, 1.165) is 14.8 Å². The third-order valence-electron chi connectivity index (χ3n) is 5.13. The van der Waals surface area contributed by atoms with E-state index < -0.39 is 34.1 Å². The Kier molecular flexibility index (Phi) is 5.63. The molecule has 0 unspecified atom stereocenters. The summed E-state index contributed by atoms with van der Waals surface area (Å²) in [5.74, 6) is -0.619. The standard InChI is InChI=1S/C20H18ClN3O5S2/c1-12-2-8-15(9-3-12)31(27,28)24-17(13-4-6-14(21)7-5-13)16(22-19(24)30)18(25)23-10-11-29-20(23)26/h2-9,16-17H,10-11H2,1H3,(H,22,30)/t16-,17-/m0/s1. The number of nitrogens with one attached hydrogen (secondary N) is 1. The van der Waals surface area contributed by atoms with E-state index in [0.29, 0.717) is 10.6 Å². The van der Waals surface area contributed by atoms with Crippen LogP contribution < -0.4 is 5.32 Å². The number of imide groups is 1. The number of ether oxygens (including phenoxy) is 1. The Hall–Kier alpha value is -2.69. The van der Waals surface area contributed by atoms with Gasteiger partial charge in [-0.3, -0.25) is 4.79 Å². The zero-order valence-electron chi connectivity index (χ0n) is 16.3. The van der Waals surface area contributed by atoms with Gasteiger partial charge in [0.05, 0.1) is 11.4 Å². The van der Waals surface area contributed by atoms with Gasteiger partial charge in [0.2, 0.25) is 0 Å². The number of thiocarbonyl (C=S) groups is 1. The first-order valence-corrected chi connectivity index (χ1v) is 11.6. The molecule has 0 radical (unpaired) electrons. The van der Waals surface area contributed by atoms with E-state index in [4.69, 9.17) is 28.6 Å². The smallest absolute Gasteiger partial charge is 0.416 e. The Labute approximate surface area is 189 Å². The minimum Gasteiger partial charge on any atom is -0.447 e. The highest BCUT2D eigenvalue weighted by atomic mass is 35.5. The van der Waals surface area contributed by atoms with Crippen molar-refractivity contribution in [3.05, 3.63) is 64.7 Å². The highest BCUT2D eigenvalue weighted by Gasteiger charge is 2.50. The molecule has 4 rings (SSSR count). The van der Waals surface area contributed by atoms with Gasteiger partial charge in [-0.05, 0) is 49.0 Å². The van der Waals surface area contributed by atoms with E-state index in [9.17, 15) is 18.0 Å². The van der Waals surface area contributed by atoms with Gasteiger partial charge in [-0.2, -0.15) is 0 Å². The van der Waals surface area contributed by atoms with Crippen LogP contribution in [0.1, 0.15) is 17.2 Å². The topological polar surface area (TPSA) is 96.0 Å². The number of benzene rings is 2. The van der Waals surface area contributed by atoms with Gasteiger partial charge in [0, 0.05) is 5.02 Å². The summed E-state index contributed by atoms with van der Waals surface area (Å²) in [4.78, 5) is 26.1. The number of rotatable bonds is 4. The van der Waals surface area contributed by atoms with Gasteiger partial charge in [0.15, 0.2) is 5.11 Å². The number of carbonyl (C=O) groups excluding carboxylic acids is 2. The second-order valence-corrected chi connectivity index (χ2v) is 9.78. The summed E-state index contributed by atoms with van der Waals surface area (Å²) in [6.07, 6.45) is -0.771. The first-order chi connectivity index (χ1) is 14.7. The predicted octanol–water partition coefficient (Wildman–Crippen LogP) is 2.62. The number of halogens is 1. The third kappa shape index (κ3) is 3.86. The van der Waals surface area contributed by atoms with Crippen LogP contribution in [0.2, 0.25) is 5.02 Å². The van der Waals surface area contributed by atoms with Crippen LogP contribution >= 0.6 is 23.8 Å². The lowest BCUT2D eigenvalue weighted by atomic mass is 10.00. The van der Waals surface area contributed by atoms with Gasteiger partial charge in [-0.15, -0.1) is 0 Å². The first kappa shape index (κ1) is 21.5. The molecular weight excluding hydrogens is 462 g/mol. The molecule has 2 amide bonds. The van der Waals surface area contributed by atoms with Crippen molar-refractivity contribution >= 4 is 51.0 Å². The second-order valence-electron chi connectivity index (χ2n) is 7.14. The van der Waals surface area contributed by atoms with E-state index in [-0.39, 0.29) is 23.2 Å². The summed E-state index contributed by atoms with van der Waals surface area (Å²) in [5.41, 5.74) is 1.40. The molecule has 2 aromatic rings. The maximum atomic E-state index is 13.5. The fraction of sp³-hybridized carbons (Fsp3) is 0.250. The van der Waals surface area contributed by atoms with E-state index in [1.807, 2.05) is 6.92 Å². The highest BCUT2D eigenvalue weighted by Crippen LogP contribution is 2.36. The van der Waals surface area contributed by atoms with Crippen molar-refractivity contribution < 1.29 is 22.7 Å². The van der Waals surface area contributed by atoms with Gasteiger partial charge >= 0.3 is 6.09 Å². The Bertz CT molecular complexity index is 1150. The molecule has 2 aromatic carbocycles. The lowest BCUT2D eigenvalue weighted by Gasteiger charge is -2.28. The highest BCUT2D eigenvalue weighted by molar-refractivity contribution is 7.91. The Morgan fingerprint density at radius 3 is 2.39 bits per heavy atom. The molecule has 8 nitrogen and oxygen atoms in total. The van der Waals surface area contributed by atoms with Crippen LogP contribution in [0.5, 0.6) is 0 Å². The van der Waals surface area contributed by atoms with E-state index in [1.165, 1.54) is 12.1 Å². The summed E-state index contributed by atoms with van der Waals surface area (Å²) in [7, 11) is -4.11. The molecule has 2 aliphatic rings. The maximum Gasteiger partial charge on any atom is 0.416 e. The molecule has 0 aliphatic carbocycles. The number of aryl methyl sites for hydroxylation is 1. The van der Waals surface area contributed by atoms with E-state index in [1.54, 1.807) is 36.4 Å². The summed E-state index contributed by atoms with van der Waals surface area (Å²) in [6.45, 7) is 2.01. The number of hydrogen-bond donors (Lipinski definition) is 1. The van der Waals surface area contributed by atoms with E-state index >= 15 is 0 Å². The van der Waals surface area contributed by atoms with Gasteiger partial charge in [-0.1, -0.05) is 41.4 Å². The number of amides is 2. The number of carbonyl (C=O) groups is 2. The minimum atomic E-state index is -4.11. The molecule has 0 saturated carbocycles. The lowest BCUT2D eigenvalue weighted by Crippen LogP contribution is -2.47. The van der Waals surface area contributed by atoms with Gasteiger partial charge in [-0.25, -0.2) is 22.4 Å². The first-order valence-electron chi connectivity index (χ1n) is 9.35. The Balaban J connectivity index is 1.80. The molecule has 1 N–H and O–H groups in total. The van der Waals surface area contributed by atoms with Crippen molar-refractivity contribution in [3.8, 4) is 0 Å². The van der Waals surface area contributed by atoms with Gasteiger partial charge in [0.25, 0.3) is 15.9 Å². The summed E-state index contributed by atoms with van der Waals surface area (Å²) >= 11 is 11.3. The zero-order chi connectivity index (χ0) is 22.3. The minimum absolute atomic E-state index is 0.0369. The van der Waals surface area contributed by atoms with Crippen molar-refractivity contribution in [3.63, 3.8) is 0 Å². The molecule has 2 saturated heterocycles. The lowest BCUT2D eigenvalue weighted by molar-refractivity contribution is -0.130. The Morgan fingerprint density at radius 2 is 1.81 bits per heavy atom. The molecule has 0 bridgehead atoms. The summed E-state index contributed by atoms with van der Waals surface area (Å²) in [6, 6.07) is 10.7. The molecule has 11 heteroatoms. The average Bonchev–Trinajstić information content (AvgIpc) is 3.32. The van der Waals surface area contributed by atoms with E-state index in [2.05, 4.69) is 5.32 Å². The third-order valence-corrected chi connectivity index (χ3v) is 7.61. The van der Waals surface area contributed by atoms with Gasteiger partial charge < -0.3 is 10.1 Å². The molecule has 2 fully saturated rings. The SMILES string of the molecule is Cc1ccc(S(=O)(=O)N2C(=S)N[C@H](C(=O)N3CCOC3=O)[C@@H]2c2ccc(Cl)cc2)cc1. The number of hydrogen-bond acceptors (Lipinski definition) is 6. The molecule has 2 aliphatic heterocycles. The molecule has 0 spiro atoms. The molecule has 162 valence electrons. The fourth-order valence-corrected chi connectivity index (χ4v) is 5.75. The number of cyclic esters (lactones) is 1. The predicted molar refractivity (Wildman–Crippen MR) is 117 cm³/mol. The second kappa shape index (κ2) is 8.10. The average molecular weight is 480 g/mol. The molecular formula is C20H18ClN3O5S2. The molecule has 2 atom stereocenters. The van der Waals surface area contributed by atoms with Crippen LogP contribution in [-0.2, 0) is 19.6 Å². The van der Waals surface area contributed by atoms with Crippen molar-refractivity contribution in [2.75, 3.05) is 13.2 Å². The monoisotopic (exact) mass is 479 g/mol. The quantitative estimate of drug-likeness (QED) is 0.673. The maximum absolute atomic E-state index is 13.5. The molecule has 31 heavy (non-hydrogen) atoms. The zero-order valence-corrected chi connectivity index (χ0v) is 18.7. The molecule has 0 aromatic heterocycles. The van der Waals surface area contributed by atoms with Crippen LogP contribution in [0, 0.1) is 6.92 Å². The van der Waals surface area contributed by atoms with Gasteiger partial charge in [0.1, 0.15) is 18.7 Å². The van der Waals surface area contributed by atoms with Crippen molar-refractivity contribution in [2.45, 2.75) is 23.9 Å². The Morgan fingerprint density at radius 1 is 1.16 bits per heavy atom. The summed E-state index contributed by atoms with van der Waals surface area (Å²) in [5, 5.41) is 3.12. The van der Waals surface area contributed by atoms with Crippen LogP contribution in [0.4, 0.5) is 4.79 Å². The van der Waals surface area contributed by atoms with Crippen LogP contribution in [0.25, 0.3) is 0 Å². The number of sulfonamides is 1. The fourth-order valence-electron chi connectivity index (χ4n) is 3.57. The normalized spacial score (nSPS) is 21.2. The summed E-state index contributed by atoms with van der Waals surface area (Å²) < 4.78 is 32.9. The van der Waals surface area contributed by atoms with Crippen LogP contribution in [0.3, 0.4) is 0 Å². The van der Waals surface area contributed by atoms with Crippen LogP contribution in [0.15, 0.2) is 53.4 Å².